The van der Waals surface area contributed by atoms with Crippen molar-refractivity contribution in [3.8, 4) is 0 Å². The number of nitrogens with zero attached hydrogens (tertiary/aromatic N) is 2. The van der Waals surface area contributed by atoms with Crippen LogP contribution in [0.3, 0.4) is 0 Å². The van der Waals surface area contributed by atoms with Gasteiger partial charge in [0.05, 0.1) is 22.4 Å². The maximum absolute atomic E-state index is 5.01. The second-order valence-electron chi connectivity index (χ2n) is 6.96. The number of aryl methyl sites for hydroxylation is 3. The van der Waals surface area contributed by atoms with E-state index in [4.69, 9.17) is 9.97 Å². The van der Waals surface area contributed by atoms with E-state index in [1.54, 1.807) is 0 Å². The van der Waals surface area contributed by atoms with E-state index in [0.717, 1.165) is 23.9 Å². The number of hydrogen-bond acceptors (Lipinski definition) is 2. The Hall–Kier alpha value is -1.44. The van der Waals surface area contributed by atoms with Crippen molar-refractivity contribution < 1.29 is 0 Å². The van der Waals surface area contributed by atoms with Gasteiger partial charge < -0.3 is 0 Å². The summed E-state index contributed by atoms with van der Waals surface area (Å²) < 4.78 is 0. The highest BCUT2D eigenvalue weighted by Gasteiger charge is 2.09. The summed E-state index contributed by atoms with van der Waals surface area (Å²) >= 11 is 0. The van der Waals surface area contributed by atoms with E-state index in [1.807, 2.05) is 0 Å². The standard InChI is InChI=1S/C22H34N2/c1-4-7-10-11-12-18-15-16-21-22(17-18)24-20(14-9-6-3)19(23-21)13-8-5-2/h15-17H,4-14H2,1-3H3. The molecule has 0 aliphatic rings. The summed E-state index contributed by atoms with van der Waals surface area (Å²) in [5.41, 5.74) is 6.04. The lowest BCUT2D eigenvalue weighted by Gasteiger charge is -2.10. The Bertz CT molecular complexity index is 619. The minimum atomic E-state index is 1.07. The number of hydrogen-bond donors (Lipinski definition) is 0. The Morgan fingerprint density at radius 1 is 0.625 bits per heavy atom. The topological polar surface area (TPSA) is 25.8 Å². The third-order valence-electron chi connectivity index (χ3n) is 4.74. The Kier molecular flexibility index (Phi) is 8.21. The lowest BCUT2D eigenvalue weighted by Crippen LogP contribution is -2.03. The third kappa shape index (κ3) is 5.58. The second kappa shape index (κ2) is 10.4. The van der Waals surface area contributed by atoms with Gasteiger partial charge in [0.2, 0.25) is 0 Å². The molecule has 0 amide bonds. The molecule has 2 nitrogen and oxygen atoms in total. The number of unbranched alkanes of at least 4 members (excludes halogenated alkanes) is 5. The van der Waals surface area contributed by atoms with Crippen LogP contribution in [0.15, 0.2) is 18.2 Å². The van der Waals surface area contributed by atoms with Crippen molar-refractivity contribution in [2.24, 2.45) is 0 Å². The van der Waals surface area contributed by atoms with Crippen molar-refractivity contribution >= 4 is 11.0 Å². The molecule has 0 aliphatic heterocycles. The van der Waals surface area contributed by atoms with Gasteiger partial charge in [-0.2, -0.15) is 0 Å². The largest absolute Gasteiger partial charge is 0.249 e. The molecule has 1 heterocycles. The monoisotopic (exact) mass is 326 g/mol. The van der Waals surface area contributed by atoms with Crippen LogP contribution < -0.4 is 0 Å². The van der Waals surface area contributed by atoms with E-state index >= 15 is 0 Å². The highest BCUT2D eigenvalue weighted by Crippen LogP contribution is 2.19. The van der Waals surface area contributed by atoms with E-state index in [0.29, 0.717) is 0 Å². The maximum atomic E-state index is 5.01. The molecular weight excluding hydrogens is 292 g/mol. The van der Waals surface area contributed by atoms with Gasteiger partial charge in [0, 0.05) is 0 Å². The van der Waals surface area contributed by atoms with Crippen LogP contribution in [0.1, 0.15) is 89.1 Å². The van der Waals surface area contributed by atoms with E-state index in [9.17, 15) is 0 Å². The molecule has 2 rings (SSSR count). The first-order valence-electron chi connectivity index (χ1n) is 10.1. The van der Waals surface area contributed by atoms with Crippen LogP contribution in [0, 0.1) is 0 Å². The van der Waals surface area contributed by atoms with Crippen molar-refractivity contribution in [2.75, 3.05) is 0 Å². The van der Waals surface area contributed by atoms with Crippen LogP contribution in [0.5, 0.6) is 0 Å². The fourth-order valence-electron chi connectivity index (χ4n) is 3.17. The van der Waals surface area contributed by atoms with Crippen molar-refractivity contribution in [2.45, 2.75) is 91.4 Å². The van der Waals surface area contributed by atoms with Crippen LogP contribution in [0.4, 0.5) is 0 Å². The number of fused-ring (bicyclic) bond motifs is 1. The zero-order chi connectivity index (χ0) is 17.2. The van der Waals surface area contributed by atoms with E-state index in [-0.39, 0.29) is 0 Å². The molecule has 0 aliphatic carbocycles. The fourth-order valence-corrected chi connectivity index (χ4v) is 3.17. The second-order valence-corrected chi connectivity index (χ2v) is 6.96. The summed E-state index contributed by atoms with van der Waals surface area (Å²) in [7, 11) is 0. The summed E-state index contributed by atoms with van der Waals surface area (Å²) in [6.45, 7) is 6.75. The molecule has 0 saturated carbocycles. The molecule has 0 radical (unpaired) electrons. The van der Waals surface area contributed by atoms with Gasteiger partial charge in [-0.15, -0.1) is 0 Å². The van der Waals surface area contributed by atoms with Crippen molar-refractivity contribution in [3.63, 3.8) is 0 Å². The van der Waals surface area contributed by atoms with Crippen molar-refractivity contribution in [3.05, 3.63) is 35.2 Å². The summed E-state index contributed by atoms with van der Waals surface area (Å²) in [4.78, 5) is 9.96. The first-order chi connectivity index (χ1) is 11.8. The molecule has 0 bridgehead atoms. The summed E-state index contributed by atoms with van der Waals surface area (Å²) in [5.74, 6) is 0. The predicted octanol–water partition coefficient (Wildman–Crippen LogP) is 6.44. The van der Waals surface area contributed by atoms with Gasteiger partial charge in [-0.1, -0.05) is 58.9 Å². The molecule has 2 heteroatoms. The maximum Gasteiger partial charge on any atom is 0.0893 e. The average Bonchev–Trinajstić information content (AvgIpc) is 2.61. The zero-order valence-electron chi connectivity index (χ0n) is 15.9. The highest BCUT2D eigenvalue weighted by molar-refractivity contribution is 5.75. The van der Waals surface area contributed by atoms with Gasteiger partial charge in [0.1, 0.15) is 0 Å². The lowest BCUT2D eigenvalue weighted by molar-refractivity contribution is 0.667. The summed E-state index contributed by atoms with van der Waals surface area (Å²) in [6.07, 6.45) is 13.4. The number of rotatable bonds is 11. The Morgan fingerprint density at radius 2 is 1.25 bits per heavy atom. The smallest absolute Gasteiger partial charge is 0.0893 e. The van der Waals surface area contributed by atoms with Crippen LogP contribution in [0.2, 0.25) is 0 Å². The molecule has 0 saturated heterocycles. The SMILES string of the molecule is CCCCCCc1ccc2nc(CCCC)c(CCCC)nc2c1. The Morgan fingerprint density at radius 3 is 1.88 bits per heavy atom. The molecule has 1 aromatic heterocycles. The molecule has 2 aromatic rings. The van der Waals surface area contributed by atoms with E-state index < -0.39 is 0 Å². The highest BCUT2D eigenvalue weighted by atomic mass is 14.8. The molecule has 0 spiro atoms. The quantitative estimate of drug-likeness (QED) is 0.444. The van der Waals surface area contributed by atoms with Gasteiger partial charge in [-0.3, -0.25) is 0 Å². The van der Waals surface area contributed by atoms with Gasteiger partial charge in [0.15, 0.2) is 0 Å². The summed E-state index contributed by atoms with van der Waals surface area (Å²) in [6, 6.07) is 6.70. The van der Waals surface area contributed by atoms with Crippen LogP contribution in [-0.2, 0) is 19.3 Å². The zero-order valence-corrected chi connectivity index (χ0v) is 15.9. The minimum Gasteiger partial charge on any atom is -0.249 e. The van der Waals surface area contributed by atoms with Gasteiger partial charge in [-0.25, -0.2) is 9.97 Å². The van der Waals surface area contributed by atoms with E-state index in [2.05, 4.69) is 39.0 Å². The van der Waals surface area contributed by atoms with Crippen molar-refractivity contribution in [1.29, 1.82) is 0 Å². The first kappa shape index (κ1) is 18.9. The summed E-state index contributed by atoms with van der Waals surface area (Å²) in [5, 5.41) is 0. The molecule has 1 aromatic carbocycles. The Labute approximate surface area is 148 Å². The van der Waals surface area contributed by atoms with Crippen LogP contribution >= 0.6 is 0 Å². The predicted molar refractivity (Wildman–Crippen MR) is 105 cm³/mol. The van der Waals surface area contributed by atoms with Crippen LogP contribution in [-0.4, -0.2) is 9.97 Å². The number of aromatic nitrogens is 2. The molecular formula is C22H34N2. The third-order valence-corrected chi connectivity index (χ3v) is 4.74. The van der Waals surface area contributed by atoms with Gasteiger partial charge in [-0.05, 0) is 56.2 Å². The molecule has 132 valence electrons. The molecule has 0 atom stereocenters. The lowest BCUT2D eigenvalue weighted by atomic mass is 10.0. The first-order valence-corrected chi connectivity index (χ1v) is 10.1. The molecule has 0 N–H and O–H groups in total. The van der Waals surface area contributed by atoms with E-state index in [1.165, 1.54) is 74.7 Å². The van der Waals surface area contributed by atoms with Crippen molar-refractivity contribution in [1.82, 2.24) is 9.97 Å². The van der Waals surface area contributed by atoms with Crippen LogP contribution in [0.25, 0.3) is 11.0 Å². The number of benzene rings is 1. The minimum absolute atomic E-state index is 1.07. The fraction of sp³-hybridized carbons (Fsp3) is 0.636. The van der Waals surface area contributed by atoms with Gasteiger partial charge >= 0.3 is 0 Å². The Balaban J connectivity index is 2.19. The molecule has 0 unspecified atom stereocenters. The average molecular weight is 327 g/mol. The molecule has 0 fully saturated rings. The molecule has 24 heavy (non-hydrogen) atoms. The normalized spacial score (nSPS) is 11.3. The van der Waals surface area contributed by atoms with Gasteiger partial charge in [0.25, 0.3) is 0 Å².